The van der Waals surface area contributed by atoms with Gasteiger partial charge in [-0.15, -0.1) is 10.2 Å². The Balaban J connectivity index is 1.52. The van der Waals surface area contributed by atoms with Gasteiger partial charge in [-0.2, -0.15) is 0 Å². The fourth-order valence-electron chi connectivity index (χ4n) is 2.65. The molecule has 2 amide bonds. The summed E-state index contributed by atoms with van der Waals surface area (Å²) < 4.78 is 14.9. The molecule has 0 bridgehead atoms. The van der Waals surface area contributed by atoms with Crippen LogP contribution in [0.1, 0.15) is 22.8 Å². The molecule has 3 rings (SSSR count). The molecule has 2 heterocycles. The Kier molecular flexibility index (Phi) is 4.87. The van der Waals surface area contributed by atoms with E-state index in [4.69, 9.17) is 0 Å². The molecule has 0 aliphatic rings. The molecule has 0 spiro atoms. The van der Waals surface area contributed by atoms with Crippen molar-refractivity contribution in [2.24, 2.45) is 0 Å². The molecule has 0 radical (unpaired) electrons. The number of urea groups is 1. The number of amides is 2. The molecule has 0 saturated carbocycles. The van der Waals surface area contributed by atoms with Crippen LogP contribution in [0.15, 0.2) is 30.3 Å². The number of nitrogens with zero attached hydrogens (tertiary/aromatic N) is 4. The summed E-state index contributed by atoms with van der Waals surface area (Å²) in [4.78, 5) is 16.2. The number of fused-ring (bicyclic) bond motifs is 1. The topological polar surface area (TPSA) is 84.2 Å². The van der Waals surface area contributed by atoms with Gasteiger partial charge in [-0.3, -0.25) is 4.40 Å². The van der Waals surface area contributed by atoms with Crippen LogP contribution in [0.4, 0.5) is 9.18 Å². The average Bonchev–Trinajstić information content (AvgIpc) is 2.96. The van der Waals surface area contributed by atoms with Crippen LogP contribution >= 0.6 is 0 Å². The Morgan fingerprint density at radius 2 is 2.04 bits per heavy atom. The predicted octanol–water partition coefficient (Wildman–Crippen LogP) is 1.92. The lowest BCUT2D eigenvalue weighted by atomic mass is 10.1. The molecule has 25 heavy (non-hydrogen) atoms. The Morgan fingerprint density at radius 3 is 2.84 bits per heavy atom. The zero-order valence-corrected chi connectivity index (χ0v) is 14.1. The molecule has 0 saturated heterocycles. The van der Waals surface area contributed by atoms with E-state index < -0.39 is 0 Å². The van der Waals surface area contributed by atoms with E-state index in [1.54, 1.807) is 10.5 Å². The van der Waals surface area contributed by atoms with Gasteiger partial charge >= 0.3 is 6.03 Å². The third kappa shape index (κ3) is 4.09. The number of benzene rings is 1. The molecule has 0 aliphatic carbocycles. The summed E-state index contributed by atoms with van der Waals surface area (Å²) >= 11 is 0. The second-order valence-corrected chi connectivity index (χ2v) is 5.78. The maximum atomic E-state index is 13.1. The maximum absolute atomic E-state index is 13.1. The fourth-order valence-corrected chi connectivity index (χ4v) is 2.65. The summed E-state index contributed by atoms with van der Waals surface area (Å²) in [6.45, 7) is 4.48. The van der Waals surface area contributed by atoms with Gasteiger partial charge in [-0.05, 0) is 44.0 Å². The number of aryl methyl sites for hydroxylation is 2. The van der Waals surface area contributed by atoms with E-state index in [2.05, 4.69) is 25.8 Å². The number of hydrogen-bond acceptors (Lipinski definition) is 4. The third-order valence-electron chi connectivity index (χ3n) is 3.76. The van der Waals surface area contributed by atoms with E-state index in [9.17, 15) is 9.18 Å². The van der Waals surface area contributed by atoms with Gasteiger partial charge in [0.25, 0.3) is 5.78 Å². The highest BCUT2D eigenvalue weighted by atomic mass is 19.1. The van der Waals surface area contributed by atoms with E-state index in [0.29, 0.717) is 24.6 Å². The van der Waals surface area contributed by atoms with Crippen molar-refractivity contribution in [3.63, 3.8) is 0 Å². The zero-order valence-electron chi connectivity index (χ0n) is 14.1. The molecule has 0 unspecified atom stereocenters. The Bertz CT molecular complexity index is 907. The van der Waals surface area contributed by atoms with E-state index in [1.165, 1.54) is 12.1 Å². The van der Waals surface area contributed by atoms with Crippen molar-refractivity contribution in [1.82, 2.24) is 30.2 Å². The standard InChI is InChI=1S/C17H19FN6O/c1-11-8-12(2)24-15(22-23-16(24)21-11)10-20-17(25)19-7-6-13-4-3-5-14(18)9-13/h3-5,8-9H,6-7,10H2,1-2H3,(H2,19,20,25). The number of carbonyl (C=O) groups is 1. The molecule has 130 valence electrons. The van der Waals surface area contributed by atoms with Gasteiger partial charge in [0.05, 0.1) is 6.54 Å². The van der Waals surface area contributed by atoms with Crippen molar-refractivity contribution in [3.05, 3.63) is 58.9 Å². The Labute approximate surface area is 144 Å². The quantitative estimate of drug-likeness (QED) is 0.742. The first-order valence-electron chi connectivity index (χ1n) is 7.97. The van der Waals surface area contributed by atoms with Crippen molar-refractivity contribution in [3.8, 4) is 0 Å². The first-order chi connectivity index (χ1) is 12.0. The van der Waals surface area contributed by atoms with Gasteiger partial charge < -0.3 is 10.6 Å². The van der Waals surface area contributed by atoms with Gasteiger partial charge in [0, 0.05) is 17.9 Å². The Morgan fingerprint density at radius 1 is 1.20 bits per heavy atom. The second kappa shape index (κ2) is 7.25. The molecule has 8 heteroatoms. The number of rotatable bonds is 5. The van der Waals surface area contributed by atoms with Gasteiger partial charge in [0.1, 0.15) is 5.82 Å². The summed E-state index contributed by atoms with van der Waals surface area (Å²) in [6, 6.07) is 7.94. The molecule has 0 aliphatic heterocycles. The smallest absolute Gasteiger partial charge is 0.315 e. The minimum absolute atomic E-state index is 0.235. The first kappa shape index (κ1) is 16.8. The Hall–Kier alpha value is -3.03. The minimum Gasteiger partial charge on any atom is -0.338 e. The van der Waals surface area contributed by atoms with Crippen molar-refractivity contribution < 1.29 is 9.18 Å². The summed E-state index contributed by atoms with van der Waals surface area (Å²) in [5, 5.41) is 13.6. The van der Waals surface area contributed by atoms with Crippen molar-refractivity contribution in [2.45, 2.75) is 26.8 Å². The number of aromatic nitrogens is 4. The van der Waals surface area contributed by atoms with Crippen LogP contribution in [0.2, 0.25) is 0 Å². The van der Waals surface area contributed by atoms with Crippen LogP contribution in [-0.2, 0) is 13.0 Å². The predicted molar refractivity (Wildman–Crippen MR) is 90.6 cm³/mol. The lowest BCUT2D eigenvalue weighted by Gasteiger charge is -2.08. The summed E-state index contributed by atoms with van der Waals surface area (Å²) in [6.07, 6.45) is 0.557. The van der Waals surface area contributed by atoms with E-state index in [1.807, 2.05) is 26.0 Å². The lowest BCUT2D eigenvalue weighted by molar-refractivity contribution is 0.240. The monoisotopic (exact) mass is 342 g/mol. The molecule has 3 aromatic rings. The van der Waals surface area contributed by atoms with Crippen molar-refractivity contribution in [1.29, 1.82) is 0 Å². The molecular formula is C17H19FN6O. The SMILES string of the molecule is Cc1cc(C)n2c(CNC(=O)NCCc3cccc(F)c3)nnc2n1. The normalized spacial score (nSPS) is 10.8. The van der Waals surface area contributed by atoms with Gasteiger partial charge in [0.15, 0.2) is 5.82 Å². The van der Waals surface area contributed by atoms with Crippen LogP contribution in [0.3, 0.4) is 0 Å². The summed E-state index contributed by atoms with van der Waals surface area (Å²) in [7, 11) is 0. The molecule has 2 aromatic heterocycles. The van der Waals surface area contributed by atoms with E-state index in [-0.39, 0.29) is 18.4 Å². The van der Waals surface area contributed by atoms with Gasteiger partial charge in [-0.1, -0.05) is 12.1 Å². The highest BCUT2D eigenvalue weighted by Crippen LogP contribution is 2.07. The zero-order chi connectivity index (χ0) is 17.8. The maximum Gasteiger partial charge on any atom is 0.315 e. The minimum atomic E-state index is -0.314. The summed E-state index contributed by atoms with van der Waals surface area (Å²) in [5.41, 5.74) is 2.66. The lowest BCUT2D eigenvalue weighted by Crippen LogP contribution is -2.36. The highest BCUT2D eigenvalue weighted by molar-refractivity contribution is 5.73. The molecule has 2 N–H and O–H groups in total. The van der Waals surface area contributed by atoms with E-state index >= 15 is 0 Å². The van der Waals surface area contributed by atoms with Gasteiger partial charge in [-0.25, -0.2) is 14.2 Å². The summed E-state index contributed by atoms with van der Waals surface area (Å²) in [5.74, 6) is 0.848. The number of halogens is 1. The largest absolute Gasteiger partial charge is 0.338 e. The van der Waals surface area contributed by atoms with Crippen LogP contribution < -0.4 is 10.6 Å². The van der Waals surface area contributed by atoms with Crippen molar-refractivity contribution in [2.75, 3.05) is 6.54 Å². The molecule has 7 nitrogen and oxygen atoms in total. The van der Waals surface area contributed by atoms with Crippen LogP contribution in [-0.4, -0.2) is 32.2 Å². The first-order valence-corrected chi connectivity index (χ1v) is 7.97. The van der Waals surface area contributed by atoms with Crippen LogP contribution in [0.25, 0.3) is 5.78 Å². The third-order valence-corrected chi connectivity index (χ3v) is 3.76. The number of hydrogen-bond donors (Lipinski definition) is 2. The van der Waals surface area contributed by atoms with Crippen LogP contribution in [0, 0.1) is 19.7 Å². The molecule has 0 fully saturated rings. The van der Waals surface area contributed by atoms with Gasteiger partial charge in [0.2, 0.25) is 0 Å². The second-order valence-electron chi connectivity index (χ2n) is 5.78. The molecule has 1 aromatic carbocycles. The number of carbonyl (C=O) groups excluding carboxylic acids is 1. The highest BCUT2D eigenvalue weighted by Gasteiger charge is 2.10. The number of nitrogens with one attached hydrogen (secondary N) is 2. The van der Waals surface area contributed by atoms with E-state index in [0.717, 1.165) is 17.0 Å². The fraction of sp³-hybridized carbons (Fsp3) is 0.294. The van der Waals surface area contributed by atoms with Crippen LogP contribution in [0.5, 0.6) is 0 Å². The molecular weight excluding hydrogens is 323 g/mol. The average molecular weight is 342 g/mol. The van der Waals surface area contributed by atoms with Crippen molar-refractivity contribution >= 4 is 11.8 Å². The molecule has 0 atom stereocenters.